The van der Waals surface area contributed by atoms with Crippen molar-refractivity contribution in [1.29, 1.82) is 0 Å². The third-order valence-corrected chi connectivity index (χ3v) is 4.61. The van der Waals surface area contributed by atoms with Gasteiger partial charge in [-0.05, 0) is 37.8 Å². The molecule has 0 unspecified atom stereocenters. The number of ether oxygens (including phenoxy) is 1. The molecule has 6 nitrogen and oxygen atoms in total. The summed E-state index contributed by atoms with van der Waals surface area (Å²) in [6.07, 6.45) is 1.50. The molecule has 0 bridgehead atoms. The van der Waals surface area contributed by atoms with Crippen LogP contribution >= 0.6 is 0 Å². The quantitative estimate of drug-likeness (QED) is 0.672. The average molecular weight is 354 g/mol. The molecule has 2 aromatic heterocycles. The molecule has 1 atom stereocenters. The molecule has 0 spiro atoms. The highest BCUT2D eigenvalue weighted by Crippen LogP contribution is 2.29. The summed E-state index contributed by atoms with van der Waals surface area (Å²) in [7, 11) is 0. The fourth-order valence-corrected chi connectivity index (χ4v) is 2.86. The van der Waals surface area contributed by atoms with Gasteiger partial charge in [-0.1, -0.05) is 32.9 Å². The van der Waals surface area contributed by atoms with Gasteiger partial charge in [-0.25, -0.2) is 14.8 Å². The van der Waals surface area contributed by atoms with Gasteiger partial charge in [0.15, 0.2) is 5.65 Å². The minimum Gasteiger partial charge on any atom is -0.459 e. The van der Waals surface area contributed by atoms with Gasteiger partial charge in [-0.2, -0.15) is 0 Å². The van der Waals surface area contributed by atoms with Crippen LogP contribution in [0.2, 0.25) is 0 Å². The van der Waals surface area contributed by atoms with E-state index in [4.69, 9.17) is 15.5 Å². The van der Waals surface area contributed by atoms with Crippen LogP contribution in [-0.4, -0.2) is 26.6 Å². The number of aryl methyl sites for hydroxylation is 1. The van der Waals surface area contributed by atoms with Crippen molar-refractivity contribution in [1.82, 2.24) is 14.5 Å². The summed E-state index contributed by atoms with van der Waals surface area (Å²) in [5, 5.41) is 0. The third-order valence-electron chi connectivity index (χ3n) is 4.61. The largest absolute Gasteiger partial charge is 0.459 e. The Bertz CT molecular complexity index is 946. The summed E-state index contributed by atoms with van der Waals surface area (Å²) >= 11 is 0. The van der Waals surface area contributed by atoms with Crippen LogP contribution in [0.3, 0.4) is 0 Å². The minimum absolute atomic E-state index is 0.177. The fourth-order valence-electron chi connectivity index (χ4n) is 2.86. The Balaban J connectivity index is 2.19. The van der Waals surface area contributed by atoms with Crippen molar-refractivity contribution in [3.8, 4) is 0 Å². The third kappa shape index (κ3) is 3.36. The Morgan fingerprint density at radius 2 is 1.85 bits per heavy atom. The first-order chi connectivity index (χ1) is 12.4. The number of aromatic nitrogens is 3. The lowest BCUT2D eigenvalue weighted by atomic mass is 10.1. The number of nitrogens with two attached hydrogens (primary N) is 1. The van der Waals surface area contributed by atoms with Crippen LogP contribution in [0.25, 0.3) is 22.2 Å². The summed E-state index contributed by atoms with van der Waals surface area (Å²) < 4.78 is 7.42. The van der Waals surface area contributed by atoms with Crippen LogP contribution < -0.4 is 5.73 Å². The molecule has 2 heterocycles. The summed E-state index contributed by atoms with van der Waals surface area (Å²) in [4.78, 5) is 22.2. The lowest BCUT2D eigenvalue weighted by Crippen LogP contribution is -2.16. The molecule has 0 amide bonds. The number of hydrogen-bond donors (Lipinski definition) is 1. The zero-order chi connectivity index (χ0) is 18.8. The van der Waals surface area contributed by atoms with Gasteiger partial charge >= 0.3 is 5.97 Å². The second-order valence-electron chi connectivity index (χ2n) is 7.10. The molecule has 0 aliphatic heterocycles. The number of para-hydroxylation sites is 2. The molecule has 3 aromatic rings. The zero-order valence-electron chi connectivity index (χ0n) is 15.8. The molecule has 0 aliphatic rings. The van der Waals surface area contributed by atoms with Crippen LogP contribution in [0.1, 0.15) is 50.9 Å². The highest BCUT2D eigenvalue weighted by Gasteiger charge is 2.26. The van der Waals surface area contributed by atoms with Gasteiger partial charge in [0.25, 0.3) is 0 Å². The number of carbonyl (C=O) groups is 1. The lowest BCUT2D eigenvalue weighted by Gasteiger charge is -2.11. The molecule has 0 fully saturated rings. The normalized spacial score (nSPS) is 12.8. The predicted molar refractivity (Wildman–Crippen MR) is 104 cm³/mol. The highest BCUT2D eigenvalue weighted by atomic mass is 16.5. The van der Waals surface area contributed by atoms with Crippen molar-refractivity contribution >= 4 is 34.0 Å². The first-order valence-electron chi connectivity index (χ1n) is 9.17. The SMILES string of the molecule is CC[C@@H](C)OC(=O)c1c(N)n(CCC(C)C)c2nc3ccccc3nc12. The van der Waals surface area contributed by atoms with E-state index in [0.29, 0.717) is 35.0 Å². The van der Waals surface area contributed by atoms with Gasteiger partial charge in [0, 0.05) is 6.54 Å². The molecule has 6 heteroatoms. The number of esters is 1. The van der Waals surface area contributed by atoms with Crippen molar-refractivity contribution in [2.75, 3.05) is 5.73 Å². The summed E-state index contributed by atoms with van der Waals surface area (Å²) in [5.41, 5.74) is 9.35. The van der Waals surface area contributed by atoms with Crippen LogP contribution in [0.15, 0.2) is 24.3 Å². The van der Waals surface area contributed by atoms with Crippen molar-refractivity contribution in [2.24, 2.45) is 5.92 Å². The smallest absolute Gasteiger partial charge is 0.344 e. The molecule has 3 rings (SSSR count). The first-order valence-corrected chi connectivity index (χ1v) is 9.17. The zero-order valence-corrected chi connectivity index (χ0v) is 15.8. The van der Waals surface area contributed by atoms with Crippen molar-refractivity contribution in [3.05, 3.63) is 29.8 Å². The van der Waals surface area contributed by atoms with Gasteiger partial charge in [0.2, 0.25) is 0 Å². The standard InChI is InChI=1S/C20H26N4O2/c1-5-13(4)26-20(25)16-17-19(24(18(16)21)11-10-12(2)3)23-15-9-7-6-8-14(15)22-17/h6-9,12-13H,5,10-11,21H2,1-4H3/t13-/m1/s1. The molecule has 1 aromatic carbocycles. The van der Waals surface area contributed by atoms with Crippen molar-refractivity contribution in [3.63, 3.8) is 0 Å². The maximum Gasteiger partial charge on any atom is 0.344 e. The topological polar surface area (TPSA) is 83.0 Å². The second-order valence-corrected chi connectivity index (χ2v) is 7.10. The number of nitrogen functional groups attached to an aromatic ring is 1. The molecule has 0 aliphatic carbocycles. The number of rotatable bonds is 6. The summed E-state index contributed by atoms with van der Waals surface area (Å²) in [5.74, 6) is 0.453. The van der Waals surface area contributed by atoms with E-state index < -0.39 is 5.97 Å². The molecular formula is C20H26N4O2. The van der Waals surface area contributed by atoms with Crippen molar-refractivity contribution in [2.45, 2.75) is 53.2 Å². The van der Waals surface area contributed by atoms with Gasteiger partial charge in [0.05, 0.1) is 17.1 Å². The first kappa shape index (κ1) is 18.2. The summed E-state index contributed by atoms with van der Waals surface area (Å²) in [6.45, 7) is 8.83. The van der Waals surface area contributed by atoms with E-state index >= 15 is 0 Å². The molecule has 0 saturated carbocycles. The fraction of sp³-hybridized carbons (Fsp3) is 0.450. The Morgan fingerprint density at radius 3 is 2.46 bits per heavy atom. The van der Waals surface area contributed by atoms with E-state index in [1.807, 2.05) is 42.7 Å². The average Bonchev–Trinajstić information content (AvgIpc) is 2.88. The maximum absolute atomic E-state index is 12.8. The molecule has 26 heavy (non-hydrogen) atoms. The van der Waals surface area contributed by atoms with Gasteiger partial charge in [0.1, 0.15) is 16.9 Å². The van der Waals surface area contributed by atoms with E-state index in [1.54, 1.807) is 0 Å². The number of benzene rings is 1. The molecular weight excluding hydrogens is 328 g/mol. The predicted octanol–water partition coefficient (Wildman–Crippen LogP) is 4.17. The Kier molecular flexibility index (Phi) is 5.11. The second kappa shape index (κ2) is 7.32. The Hall–Kier alpha value is -2.63. The summed E-state index contributed by atoms with van der Waals surface area (Å²) in [6, 6.07) is 7.62. The molecule has 138 valence electrons. The van der Waals surface area contributed by atoms with Crippen LogP contribution in [0.5, 0.6) is 0 Å². The molecule has 2 N–H and O–H groups in total. The van der Waals surface area contributed by atoms with Gasteiger partial charge in [-0.3, -0.25) is 0 Å². The van der Waals surface area contributed by atoms with E-state index in [9.17, 15) is 4.79 Å². The van der Waals surface area contributed by atoms with Crippen LogP contribution in [0, 0.1) is 5.92 Å². The van der Waals surface area contributed by atoms with Crippen LogP contribution in [0.4, 0.5) is 5.82 Å². The molecule has 0 radical (unpaired) electrons. The number of hydrogen-bond acceptors (Lipinski definition) is 5. The molecule has 0 saturated heterocycles. The van der Waals surface area contributed by atoms with E-state index in [1.165, 1.54) is 0 Å². The Morgan fingerprint density at radius 1 is 1.19 bits per heavy atom. The minimum atomic E-state index is -0.435. The van der Waals surface area contributed by atoms with E-state index in [-0.39, 0.29) is 6.10 Å². The number of nitrogens with zero attached hydrogens (tertiary/aromatic N) is 3. The lowest BCUT2D eigenvalue weighted by molar-refractivity contribution is 0.0338. The van der Waals surface area contributed by atoms with E-state index in [0.717, 1.165) is 23.9 Å². The number of anilines is 1. The van der Waals surface area contributed by atoms with Gasteiger partial charge in [-0.15, -0.1) is 0 Å². The monoisotopic (exact) mass is 354 g/mol. The number of carbonyl (C=O) groups excluding carboxylic acids is 1. The van der Waals surface area contributed by atoms with Gasteiger partial charge < -0.3 is 15.0 Å². The highest BCUT2D eigenvalue weighted by molar-refractivity contribution is 6.08. The Labute approximate surface area is 153 Å². The van der Waals surface area contributed by atoms with Crippen molar-refractivity contribution < 1.29 is 9.53 Å². The number of fused-ring (bicyclic) bond motifs is 2. The maximum atomic E-state index is 12.8. The van der Waals surface area contributed by atoms with Crippen LogP contribution in [-0.2, 0) is 11.3 Å². The van der Waals surface area contributed by atoms with E-state index in [2.05, 4.69) is 18.8 Å².